The second kappa shape index (κ2) is 9.69. The number of hydrogen-bond donors (Lipinski definition) is 1. The predicted molar refractivity (Wildman–Crippen MR) is 136 cm³/mol. The summed E-state index contributed by atoms with van der Waals surface area (Å²) in [5, 5.41) is 3.96. The van der Waals surface area contributed by atoms with Crippen LogP contribution in [-0.2, 0) is 19.6 Å². The van der Waals surface area contributed by atoms with Crippen molar-refractivity contribution in [1.82, 2.24) is 29.2 Å². The Bertz CT molecular complexity index is 1590. The molecule has 0 amide bonds. The summed E-state index contributed by atoms with van der Waals surface area (Å²) in [6.07, 6.45) is 5.15. The molecule has 0 aliphatic heterocycles. The Morgan fingerprint density at radius 1 is 1.00 bits per heavy atom. The summed E-state index contributed by atoms with van der Waals surface area (Å²) in [6, 6.07) is 18.0. The van der Waals surface area contributed by atoms with Crippen LogP contribution < -0.4 is 11.1 Å². The first-order valence-corrected chi connectivity index (χ1v) is 11.5. The summed E-state index contributed by atoms with van der Waals surface area (Å²) in [7, 11) is 1.94. The van der Waals surface area contributed by atoms with E-state index in [2.05, 4.69) is 15.1 Å². The van der Waals surface area contributed by atoms with Crippen molar-refractivity contribution in [1.29, 1.82) is 0 Å². The molecular weight excluding hydrogens is 464 g/mol. The molecule has 35 heavy (non-hydrogen) atoms. The summed E-state index contributed by atoms with van der Waals surface area (Å²) in [4.78, 5) is 37.5. The second-order valence-electron chi connectivity index (χ2n) is 8.36. The van der Waals surface area contributed by atoms with Gasteiger partial charge >= 0.3 is 0 Å². The fourth-order valence-electron chi connectivity index (χ4n) is 4.20. The highest BCUT2D eigenvalue weighted by Crippen LogP contribution is 2.21. The third-order valence-electron chi connectivity index (χ3n) is 5.80. The number of H-pyrrole nitrogens is 1. The molecule has 0 aliphatic rings. The summed E-state index contributed by atoms with van der Waals surface area (Å²) < 4.78 is 3.03. The number of rotatable bonds is 7. The molecular formula is C26H23ClN6O2. The van der Waals surface area contributed by atoms with Crippen LogP contribution in [0.5, 0.6) is 0 Å². The third kappa shape index (κ3) is 4.66. The zero-order valence-corrected chi connectivity index (χ0v) is 19.8. The van der Waals surface area contributed by atoms with Crippen LogP contribution in [0.15, 0.2) is 88.8 Å². The molecule has 5 aromatic rings. The van der Waals surface area contributed by atoms with Gasteiger partial charge in [0, 0.05) is 37.7 Å². The van der Waals surface area contributed by atoms with Crippen molar-refractivity contribution in [2.45, 2.75) is 19.6 Å². The lowest BCUT2D eigenvalue weighted by Gasteiger charge is -2.20. The van der Waals surface area contributed by atoms with Crippen LogP contribution in [0, 0.1) is 0 Å². The topological polar surface area (TPSA) is 88.8 Å². The van der Waals surface area contributed by atoms with E-state index < -0.39 is 0 Å². The van der Waals surface area contributed by atoms with Crippen molar-refractivity contribution in [3.8, 4) is 5.69 Å². The van der Waals surface area contributed by atoms with Gasteiger partial charge < -0.3 is 4.57 Å². The fourth-order valence-corrected chi connectivity index (χ4v) is 4.42. The fraction of sp³-hybridized carbons (Fsp3) is 0.154. The van der Waals surface area contributed by atoms with Crippen LogP contribution in [0.2, 0.25) is 5.02 Å². The van der Waals surface area contributed by atoms with Gasteiger partial charge in [-0.05, 0) is 42.9 Å². The molecule has 5 rings (SSSR count). The molecule has 9 heteroatoms. The summed E-state index contributed by atoms with van der Waals surface area (Å²) in [6.45, 7) is 1.21. The summed E-state index contributed by atoms with van der Waals surface area (Å²) in [5.41, 5.74) is 2.87. The predicted octanol–water partition coefficient (Wildman–Crippen LogP) is 3.60. The van der Waals surface area contributed by atoms with Crippen LogP contribution in [-0.4, -0.2) is 36.3 Å². The van der Waals surface area contributed by atoms with Crippen LogP contribution in [0.3, 0.4) is 0 Å². The Kier molecular flexibility index (Phi) is 6.31. The van der Waals surface area contributed by atoms with Gasteiger partial charge in [0.1, 0.15) is 0 Å². The second-order valence-corrected chi connectivity index (χ2v) is 8.77. The minimum atomic E-state index is -0.269. The number of halogens is 1. The molecule has 0 aliphatic carbocycles. The zero-order valence-electron chi connectivity index (χ0n) is 19.1. The lowest BCUT2D eigenvalue weighted by atomic mass is 10.2. The number of aromatic amines is 1. The van der Waals surface area contributed by atoms with Gasteiger partial charge in [-0.2, -0.15) is 0 Å². The normalized spacial score (nSPS) is 11.4. The number of pyridine rings is 3. The molecule has 0 atom stereocenters. The molecule has 0 unspecified atom stereocenters. The van der Waals surface area contributed by atoms with Crippen molar-refractivity contribution < 1.29 is 0 Å². The number of fused-ring (bicyclic) bond motifs is 1. The molecule has 4 heterocycles. The first-order valence-electron chi connectivity index (χ1n) is 11.1. The van der Waals surface area contributed by atoms with Gasteiger partial charge in [-0.25, -0.2) is 4.68 Å². The number of nitrogens with zero attached hydrogens (tertiary/aromatic N) is 5. The molecule has 0 spiro atoms. The number of benzene rings is 1. The molecule has 0 fully saturated rings. The first kappa shape index (κ1) is 22.8. The zero-order chi connectivity index (χ0) is 24.4. The highest BCUT2D eigenvalue weighted by atomic mass is 35.5. The lowest BCUT2D eigenvalue weighted by molar-refractivity contribution is 0.306. The SMILES string of the molecule is CN(Cc1ccccn1)Cc1c2c(=O)n(-c3ccccc3Cl)[nH]c2cc(=O)n1Cc1cccnc1. The van der Waals surface area contributed by atoms with Gasteiger partial charge in [-0.3, -0.25) is 29.6 Å². The molecule has 0 saturated carbocycles. The maximum Gasteiger partial charge on any atom is 0.280 e. The lowest BCUT2D eigenvalue weighted by Crippen LogP contribution is -2.29. The van der Waals surface area contributed by atoms with E-state index in [-0.39, 0.29) is 11.1 Å². The van der Waals surface area contributed by atoms with Gasteiger partial charge in [0.05, 0.1) is 39.5 Å². The molecule has 1 N–H and O–H groups in total. The Morgan fingerprint density at radius 2 is 1.83 bits per heavy atom. The summed E-state index contributed by atoms with van der Waals surface area (Å²) in [5.74, 6) is 0. The Morgan fingerprint density at radius 3 is 2.57 bits per heavy atom. The highest BCUT2D eigenvalue weighted by molar-refractivity contribution is 6.32. The van der Waals surface area contributed by atoms with E-state index in [1.807, 2.05) is 48.3 Å². The Hall–Kier alpha value is -4.01. The van der Waals surface area contributed by atoms with Crippen molar-refractivity contribution in [2.24, 2.45) is 0 Å². The first-order chi connectivity index (χ1) is 17.0. The van der Waals surface area contributed by atoms with E-state index in [0.717, 1.165) is 11.3 Å². The van der Waals surface area contributed by atoms with Crippen molar-refractivity contribution in [2.75, 3.05) is 7.05 Å². The maximum atomic E-state index is 13.7. The monoisotopic (exact) mass is 486 g/mol. The highest BCUT2D eigenvalue weighted by Gasteiger charge is 2.20. The van der Waals surface area contributed by atoms with Crippen LogP contribution in [0.25, 0.3) is 16.6 Å². The molecule has 4 aromatic heterocycles. The average molecular weight is 487 g/mol. The van der Waals surface area contributed by atoms with Gasteiger partial charge in [0.2, 0.25) is 0 Å². The van der Waals surface area contributed by atoms with Crippen LogP contribution in [0.1, 0.15) is 17.0 Å². The van der Waals surface area contributed by atoms with E-state index in [0.29, 0.717) is 46.9 Å². The third-order valence-corrected chi connectivity index (χ3v) is 6.12. The van der Waals surface area contributed by atoms with E-state index in [1.165, 1.54) is 10.7 Å². The van der Waals surface area contributed by atoms with Gasteiger partial charge in [0.15, 0.2) is 0 Å². The molecule has 0 bridgehead atoms. The van der Waals surface area contributed by atoms with Crippen LogP contribution in [0.4, 0.5) is 0 Å². The van der Waals surface area contributed by atoms with E-state index in [9.17, 15) is 9.59 Å². The smallest absolute Gasteiger partial charge is 0.280 e. The molecule has 176 valence electrons. The van der Waals surface area contributed by atoms with E-state index >= 15 is 0 Å². The number of para-hydroxylation sites is 1. The van der Waals surface area contributed by atoms with E-state index in [4.69, 9.17) is 11.6 Å². The molecule has 8 nitrogen and oxygen atoms in total. The summed E-state index contributed by atoms with van der Waals surface area (Å²) >= 11 is 6.37. The van der Waals surface area contributed by atoms with Crippen molar-refractivity contribution in [3.05, 3.63) is 122 Å². The van der Waals surface area contributed by atoms with Gasteiger partial charge in [0.25, 0.3) is 11.1 Å². The standard InChI is InChI=1S/C26H23ClN6O2/c1-31(16-19-8-4-5-12-29-19)17-23-25-21(13-24(34)32(23)15-18-7-6-11-28-14-18)30-33(26(25)35)22-10-3-2-9-20(22)27/h2-14,30H,15-17H2,1H3. The van der Waals surface area contributed by atoms with Crippen molar-refractivity contribution >= 4 is 22.5 Å². The van der Waals surface area contributed by atoms with E-state index in [1.54, 1.807) is 41.4 Å². The molecule has 0 saturated heterocycles. The van der Waals surface area contributed by atoms with Crippen LogP contribution >= 0.6 is 11.6 Å². The Balaban J connectivity index is 1.66. The van der Waals surface area contributed by atoms with Crippen molar-refractivity contribution in [3.63, 3.8) is 0 Å². The maximum absolute atomic E-state index is 13.7. The quantitative estimate of drug-likeness (QED) is 0.379. The number of hydrogen-bond acceptors (Lipinski definition) is 5. The number of nitrogens with one attached hydrogen (secondary N) is 1. The minimum absolute atomic E-state index is 0.213. The minimum Gasteiger partial charge on any atom is -0.306 e. The molecule has 1 aromatic carbocycles. The molecule has 0 radical (unpaired) electrons. The van der Waals surface area contributed by atoms with Gasteiger partial charge in [-0.15, -0.1) is 0 Å². The van der Waals surface area contributed by atoms with Gasteiger partial charge in [-0.1, -0.05) is 35.9 Å². The average Bonchev–Trinajstić information content (AvgIpc) is 3.18. The largest absolute Gasteiger partial charge is 0.306 e. The Labute approximate surface area is 206 Å². The number of aromatic nitrogens is 5.